The summed E-state index contributed by atoms with van der Waals surface area (Å²) in [5.41, 5.74) is 6.85. The lowest BCUT2D eigenvalue weighted by molar-refractivity contribution is -0.144. The maximum atomic E-state index is 11.4. The average Bonchev–Trinajstić information content (AvgIpc) is 2.92. The maximum Gasteiger partial charge on any atom is 0.354 e. The summed E-state index contributed by atoms with van der Waals surface area (Å²) in [6.07, 6.45) is 0. The van der Waals surface area contributed by atoms with E-state index >= 15 is 0 Å². The summed E-state index contributed by atoms with van der Waals surface area (Å²) in [4.78, 5) is 52.7. The van der Waals surface area contributed by atoms with Crippen LogP contribution in [0.5, 0.6) is 0 Å². The zero-order valence-corrected chi connectivity index (χ0v) is 33.2. The molecule has 0 saturated carbocycles. The van der Waals surface area contributed by atoms with Gasteiger partial charge in [-0.05, 0) is 72.5 Å². The Labute approximate surface area is 298 Å². The number of ether oxygens (including phenoxy) is 4. The molecule has 12 radical (unpaired) electrons. The van der Waals surface area contributed by atoms with Crippen molar-refractivity contribution in [3.05, 3.63) is 11.3 Å². The van der Waals surface area contributed by atoms with Crippen LogP contribution < -0.4 is 21.7 Å². The highest BCUT2D eigenvalue weighted by atomic mass is 31.2. The lowest BCUT2D eigenvalue weighted by atomic mass is 10.1. The van der Waals surface area contributed by atoms with E-state index in [4.69, 9.17) is 5.73 Å². The molecular weight excluding hydrogens is 639 g/mol. The molecule has 0 aromatic rings. The van der Waals surface area contributed by atoms with E-state index < -0.39 is 24.9 Å². The molecular formula is C29H61B4N4O10P. The molecule has 0 aliphatic carbocycles. The van der Waals surface area contributed by atoms with E-state index in [2.05, 4.69) is 34.9 Å². The Balaban J connectivity index is -0.0000000567. The normalized spacial score (nSPS) is 10.8. The first-order valence-electron chi connectivity index (χ1n) is 13.8. The molecule has 3 unspecified atom stereocenters. The number of esters is 4. The Morgan fingerprint density at radius 2 is 0.979 bits per heavy atom. The summed E-state index contributed by atoms with van der Waals surface area (Å²) in [5.74, 6) is -1.41. The van der Waals surface area contributed by atoms with Gasteiger partial charge < -0.3 is 50.0 Å². The fraction of sp³-hybridized carbons (Fsp3) is 0.759. The van der Waals surface area contributed by atoms with E-state index in [1.54, 1.807) is 34.5 Å². The number of methoxy groups -OCH3 is 4. The van der Waals surface area contributed by atoms with Crippen LogP contribution in [0.2, 0.25) is 0 Å². The van der Waals surface area contributed by atoms with Gasteiger partial charge in [-0.2, -0.15) is 0 Å². The summed E-state index contributed by atoms with van der Waals surface area (Å²) in [6.45, 7) is 17.5. The number of ketones is 1. The van der Waals surface area contributed by atoms with Crippen LogP contribution in [0.4, 0.5) is 0 Å². The van der Waals surface area contributed by atoms with Crippen molar-refractivity contribution >= 4 is 70.5 Å². The van der Waals surface area contributed by atoms with Crippen LogP contribution in [0.1, 0.15) is 55.4 Å². The number of Topliss-reactive ketones (excluding diaryl/α,β-unsaturated/α-hetero) is 1. The average molecular weight is 700 g/mol. The molecule has 3 atom stereocenters. The zero-order chi connectivity index (χ0) is 36.4. The number of rotatable bonds is 10. The van der Waals surface area contributed by atoms with Crippen molar-refractivity contribution < 1.29 is 47.5 Å². The van der Waals surface area contributed by atoms with Gasteiger partial charge in [-0.3, -0.25) is 9.59 Å². The number of nitrogens with two attached hydrogens (primary N) is 1. The van der Waals surface area contributed by atoms with Crippen molar-refractivity contribution in [1.82, 2.24) is 16.0 Å². The van der Waals surface area contributed by atoms with E-state index in [1.807, 2.05) is 41.5 Å². The molecule has 0 heterocycles. The highest BCUT2D eigenvalue weighted by Gasteiger charge is 2.29. The van der Waals surface area contributed by atoms with Crippen molar-refractivity contribution in [2.45, 2.75) is 73.3 Å². The van der Waals surface area contributed by atoms with Crippen LogP contribution in [-0.2, 0) is 47.5 Å². The number of carbonyl (C=O) groups is 5. The predicted molar refractivity (Wildman–Crippen MR) is 198 cm³/mol. The number of carbonyl (C=O) groups excluding carboxylic acids is 5. The van der Waals surface area contributed by atoms with E-state index in [1.165, 1.54) is 42.3 Å². The fourth-order valence-electron chi connectivity index (χ4n) is 2.71. The lowest BCUT2D eigenvalue weighted by Crippen LogP contribution is -2.39. The number of hydrogen-bond acceptors (Lipinski definition) is 14. The first kappa shape index (κ1) is 67.6. The predicted octanol–water partition coefficient (Wildman–Crippen LogP) is 0.619. The van der Waals surface area contributed by atoms with E-state index in [9.17, 15) is 28.5 Å². The molecule has 0 aliphatic rings. The fourth-order valence-corrected chi connectivity index (χ4v) is 3.95. The van der Waals surface area contributed by atoms with Gasteiger partial charge in [0.1, 0.15) is 30.7 Å². The van der Waals surface area contributed by atoms with Gasteiger partial charge in [0.15, 0.2) is 5.78 Å². The molecule has 0 amide bonds. The molecule has 19 heteroatoms. The molecule has 5 N–H and O–H groups in total. The quantitative estimate of drug-likeness (QED) is 0.0813. The van der Waals surface area contributed by atoms with Gasteiger partial charge in [0.05, 0.1) is 28.4 Å². The summed E-state index contributed by atoms with van der Waals surface area (Å²) in [7, 11) is 7.98. The third-order valence-corrected chi connectivity index (χ3v) is 6.80. The first-order valence-corrected chi connectivity index (χ1v) is 16.5. The van der Waals surface area contributed by atoms with Crippen molar-refractivity contribution in [3.8, 4) is 0 Å². The zero-order valence-electron chi connectivity index (χ0n) is 32.3. The number of nitrogens with one attached hydrogen (secondary N) is 3. The summed E-state index contributed by atoms with van der Waals surface area (Å²) >= 11 is 0. The highest BCUT2D eigenvalue weighted by Crippen LogP contribution is 2.41. The van der Waals surface area contributed by atoms with Gasteiger partial charge in [0.25, 0.3) is 0 Å². The van der Waals surface area contributed by atoms with Gasteiger partial charge in [-0.1, -0.05) is 27.7 Å². The summed E-state index contributed by atoms with van der Waals surface area (Å²) < 4.78 is 29.3. The molecule has 0 aromatic heterocycles. The third kappa shape index (κ3) is 37.9. The number of likely N-dealkylation sites (N-methyl/N-ethyl adjacent to an activating group) is 3. The highest BCUT2D eigenvalue weighted by molar-refractivity contribution is 7.64. The van der Waals surface area contributed by atoms with Crippen LogP contribution in [0.15, 0.2) is 11.3 Å². The summed E-state index contributed by atoms with van der Waals surface area (Å²) in [5, 5.41) is 8.29. The molecule has 14 nitrogen and oxygen atoms in total. The lowest BCUT2D eigenvalue weighted by Gasteiger charge is -2.17. The van der Waals surface area contributed by atoms with Crippen molar-refractivity contribution in [3.63, 3.8) is 0 Å². The third-order valence-electron chi connectivity index (χ3n) is 5.08. The SMILES string of the molecule is CC(C)=O.CNC(C(=O)OC)=C(C)C.CNC(C(=O)OC)C(C)C.CNC(C(=O)OC)P(C)(C)=O.COC(=O)C(N)C(C)C.[B].[B].[B].[B]. The molecule has 0 aromatic carbocycles. The van der Waals surface area contributed by atoms with E-state index in [-0.39, 0.29) is 75.2 Å². The van der Waals surface area contributed by atoms with Gasteiger partial charge in [-0.15, -0.1) is 0 Å². The Hall–Kier alpha value is -2.54. The smallest absolute Gasteiger partial charge is 0.354 e. The minimum absolute atomic E-state index is 0. The molecule has 0 fully saturated rings. The molecule has 0 bridgehead atoms. The molecule has 0 rings (SSSR count). The van der Waals surface area contributed by atoms with Crippen LogP contribution in [0, 0.1) is 11.8 Å². The first-order chi connectivity index (χ1) is 20.0. The second-order valence-electron chi connectivity index (χ2n) is 10.5. The maximum absolute atomic E-state index is 11.4. The van der Waals surface area contributed by atoms with Crippen molar-refractivity contribution in [2.24, 2.45) is 17.6 Å². The minimum Gasteiger partial charge on any atom is -0.468 e. The second-order valence-corrected chi connectivity index (χ2v) is 13.9. The monoisotopic (exact) mass is 700 g/mol. The van der Waals surface area contributed by atoms with Gasteiger partial charge in [-0.25, -0.2) is 9.59 Å². The topological polar surface area (TPSA) is 201 Å². The van der Waals surface area contributed by atoms with Crippen LogP contribution in [0.3, 0.4) is 0 Å². The Morgan fingerprint density at radius 3 is 1.06 bits per heavy atom. The molecule has 0 saturated heterocycles. The molecule has 0 spiro atoms. The Bertz CT molecular complexity index is 930. The van der Waals surface area contributed by atoms with Crippen LogP contribution in [-0.4, -0.2) is 144 Å². The molecule has 0 aliphatic heterocycles. The van der Waals surface area contributed by atoms with Crippen molar-refractivity contribution in [1.29, 1.82) is 0 Å². The number of allylic oxidation sites excluding steroid dienone is 1. The van der Waals surface area contributed by atoms with Gasteiger partial charge in [0, 0.05) is 40.7 Å². The van der Waals surface area contributed by atoms with E-state index in [0.717, 1.165) is 5.57 Å². The standard InChI is InChI=1S/C7H15NO2.C7H13NO2.C6H14NO3P.C6H13NO2.C3H6O.4B/c2*1-5(2)6(8-3)7(9)10-4;1-7-5(6(8)10-2)11(3,4)9;1-4(2)5(7)6(8)9-3;1-3(2)4;;;;/h5-6,8H,1-4H3;8H,1-4H3;5,7H,1-4H3;4-5H,7H2,1-3H3;1-2H3;;;;. The summed E-state index contributed by atoms with van der Waals surface area (Å²) in [6, 6.07) is -0.653. The minimum atomic E-state index is -2.43. The number of hydrogen-bond donors (Lipinski definition) is 4. The second kappa shape index (κ2) is 38.9. The molecule has 48 heavy (non-hydrogen) atoms. The molecule has 274 valence electrons. The largest absolute Gasteiger partial charge is 0.468 e. The Kier molecular flexibility index (Phi) is 54.8. The van der Waals surface area contributed by atoms with Gasteiger partial charge >= 0.3 is 23.9 Å². The Morgan fingerprint density at radius 1 is 0.625 bits per heavy atom. The van der Waals surface area contributed by atoms with E-state index in [0.29, 0.717) is 5.70 Å². The van der Waals surface area contributed by atoms with Crippen LogP contribution >= 0.6 is 7.14 Å². The van der Waals surface area contributed by atoms with Crippen LogP contribution in [0.25, 0.3) is 0 Å². The van der Waals surface area contributed by atoms with Gasteiger partial charge in [0.2, 0.25) is 0 Å². The van der Waals surface area contributed by atoms with Crippen molar-refractivity contribution in [2.75, 3.05) is 62.9 Å².